The molecule has 0 aliphatic carbocycles. The van der Waals surface area contributed by atoms with Crippen molar-refractivity contribution in [2.45, 2.75) is 12.1 Å². The second-order valence-electron chi connectivity index (χ2n) is 7.11. The maximum atomic E-state index is 14.7. The SMILES string of the molecule is CN1CCC(F)(C#Cc2cc3ncnc(Nc4cccc(Cl)c4F)c3cc2N)C1. The number of likely N-dealkylation sites (tertiary alicyclic amines) is 1. The molecule has 4 rings (SSSR count). The maximum absolute atomic E-state index is 14.7. The van der Waals surface area contributed by atoms with Crippen LogP contribution in [-0.2, 0) is 0 Å². The molecule has 148 valence electrons. The third kappa shape index (κ3) is 3.95. The summed E-state index contributed by atoms with van der Waals surface area (Å²) in [4.78, 5) is 10.3. The zero-order valence-corrected chi connectivity index (χ0v) is 16.4. The number of nitrogen functional groups attached to an aromatic ring is 1. The molecular formula is C21H18ClF2N5. The van der Waals surface area contributed by atoms with Crippen LogP contribution in [0.1, 0.15) is 12.0 Å². The largest absolute Gasteiger partial charge is 0.398 e. The van der Waals surface area contributed by atoms with E-state index in [9.17, 15) is 8.78 Å². The Kier molecular flexibility index (Phi) is 4.99. The highest BCUT2D eigenvalue weighted by molar-refractivity contribution is 6.31. The summed E-state index contributed by atoms with van der Waals surface area (Å²) in [5.41, 5.74) is 6.20. The van der Waals surface area contributed by atoms with E-state index in [1.54, 1.807) is 24.3 Å². The Balaban J connectivity index is 1.70. The van der Waals surface area contributed by atoms with Crippen molar-refractivity contribution in [3.8, 4) is 11.8 Å². The van der Waals surface area contributed by atoms with Crippen molar-refractivity contribution in [1.29, 1.82) is 0 Å². The Morgan fingerprint density at radius 3 is 2.90 bits per heavy atom. The third-order valence-electron chi connectivity index (χ3n) is 4.84. The lowest BCUT2D eigenvalue weighted by Gasteiger charge is -2.12. The number of alkyl halides is 1. The molecule has 1 atom stereocenters. The van der Waals surface area contributed by atoms with Crippen LogP contribution in [0.15, 0.2) is 36.7 Å². The third-order valence-corrected chi connectivity index (χ3v) is 5.13. The van der Waals surface area contributed by atoms with E-state index in [-0.39, 0.29) is 17.3 Å². The van der Waals surface area contributed by atoms with E-state index >= 15 is 0 Å². The lowest BCUT2D eigenvalue weighted by molar-refractivity contribution is 0.246. The van der Waals surface area contributed by atoms with Crippen molar-refractivity contribution < 1.29 is 8.78 Å². The van der Waals surface area contributed by atoms with Crippen LogP contribution in [0.25, 0.3) is 10.9 Å². The average Bonchev–Trinajstić information content (AvgIpc) is 3.03. The minimum atomic E-state index is -1.54. The van der Waals surface area contributed by atoms with E-state index < -0.39 is 11.5 Å². The van der Waals surface area contributed by atoms with Crippen molar-refractivity contribution in [1.82, 2.24) is 14.9 Å². The van der Waals surface area contributed by atoms with E-state index in [1.807, 2.05) is 11.9 Å². The molecule has 29 heavy (non-hydrogen) atoms. The van der Waals surface area contributed by atoms with E-state index in [0.29, 0.717) is 40.9 Å². The number of hydrogen-bond acceptors (Lipinski definition) is 5. The minimum Gasteiger partial charge on any atom is -0.398 e. The summed E-state index contributed by atoms with van der Waals surface area (Å²) in [6.07, 6.45) is 1.72. The number of nitrogens with two attached hydrogens (primary N) is 1. The monoisotopic (exact) mass is 413 g/mol. The molecule has 1 fully saturated rings. The first-order chi connectivity index (χ1) is 13.8. The predicted octanol–water partition coefficient (Wildman–Crippen LogP) is 4.14. The number of hydrogen-bond donors (Lipinski definition) is 2. The summed E-state index contributed by atoms with van der Waals surface area (Å²) >= 11 is 5.84. The van der Waals surface area contributed by atoms with E-state index in [1.165, 1.54) is 12.4 Å². The molecule has 0 amide bonds. The fraction of sp³-hybridized carbons (Fsp3) is 0.238. The van der Waals surface area contributed by atoms with Gasteiger partial charge in [-0.25, -0.2) is 18.7 Å². The molecule has 3 aromatic rings. The Bertz CT molecular complexity index is 1160. The highest BCUT2D eigenvalue weighted by Gasteiger charge is 2.34. The van der Waals surface area contributed by atoms with Crippen LogP contribution in [0.5, 0.6) is 0 Å². The zero-order chi connectivity index (χ0) is 20.6. The number of anilines is 3. The molecule has 1 aliphatic rings. The van der Waals surface area contributed by atoms with E-state index in [4.69, 9.17) is 17.3 Å². The van der Waals surface area contributed by atoms with Crippen LogP contribution in [0, 0.1) is 17.7 Å². The summed E-state index contributed by atoms with van der Waals surface area (Å²) in [6, 6.07) is 7.98. The van der Waals surface area contributed by atoms with Crippen molar-refractivity contribution in [2.24, 2.45) is 0 Å². The van der Waals surface area contributed by atoms with Gasteiger partial charge in [-0.05, 0) is 31.3 Å². The predicted molar refractivity (Wildman–Crippen MR) is 111 cm³/mol. The van der Waals surface area contributed by atoms with Gasteiger partial charge in [-0.3, -0.25) is 0 Å². The quantitative estimate of drug-likeness (QED) is 0.488. The number of halogens is 3. The second-order valence-corrected chi connectivity index (χ2v) is 7.52. The average molecular weight is 414 g/mol. The molecule has 5 nitrogen and oxygen atoms in total. The zero-order valence-electron chi connectivity index (χ0n) is 15.6. The van der Waals surface area contributed by atoms with Crippen molar-refractivity contribution in [2.75, 3.05) is 31.2 Å². The Hall–Kier alpha value is -2.95. The van der Waals surface area contributed by atoms with Gasteiger partial charge in [0.25, 0.3) is 0 Å². The fourth-order valence-corrected chi connectivity index (χ4v) is 3.47. The van der Waals surface area contributed by atoms with Crippen LogP contribution >= 0.6 is 11.6 Å². The number of nitrogens with one attached hydrogen (secondary N) is 1. The molecule has 1 saturated heterocycles. The van der Waals surface area contributed by atoms with Gasteiger partial charge in [-0.2, -0.15) is 0 Å². The van der Waals surface area contributed by atoms with Gasteiger partial charge in [-0.1, -0.05) is 29.5 Å². The molecule has 2 heterocycles. The molecule has 1 aromatic heterocycles. The van der Waals surface area contributed by atoms with Gasteiger partial charge in [0.05, 0.1) is 16.2 Å². The number of aromatic nitrogens is 2. The normalized spacial score (nSPS) is 19.2. The highest BCUT2D eigenvalue weighted by Crippen LogP contribution is 2.30. The molecule has 8 heteroatoms. The van der Waals surface area contributed by atoms with E-state index in [0.717, 1.165) is 0 Å². The summed E-state index contributed by atoms with van der Waals surface area (Å²) in [5, 5.41) is 3.51. The molecule has 0 spiro atoms. The molecule has 0 radical (unpaired) electrons. The van der Waals surface area contributed by atoms with Gasteiger partial charge in [0, 0.05) is 36.1 Å². The van der Waals surface area contributed by atoms with Gasteiger partial charge in [-0.15, -0.1) is 0 Å². The number of nitrogens with zero attached hydrogens (tertiary/aromatic N) is 3. The second kappa shape index (κ2) is 7.47. The Morgan fingerprint density at radius 1 is 1.31 bits per heavy atom. The van der Waals surface area contributed by atoms with Crippen molar-refractivity contribution in [3.63, 3.8) is 0 Å². The number of benzene rings is 2. The topological polar surface area (TPSA) is 67.1 Å². The lowest BCUT2D eigenvalue weighted by atomic mass is 10.0. The van der Waals surface area contributed by atoms with Crippen molar-refractivity contribution >= 4 is 39.7 Å². The smallest absolute Gasteiger partial charge is 0.184 e. The molecule has 0 bridgehead atoms. The van der Waals surface area contributed by atoms with Crippen LogP contribution in [-0.4, -0.2) is 40.7 Å². The first-order valence-corrected chi connectivity index (χ1v) is 9.38. The first kappa shape index (κ1) is 19.4. The standard InChI is InChI=1S/C21H18ClF2N5/c1-29-8-7-21(24,11-29)6-5-13-9-18-14(10-16(13)25)20(27-12-26-18)28-17-4-2-3-15(22)19(17)23/h2-4,9-10,12H,7-8,11,25H2,1H3,(H,26,27,28). The van der Waals surface area contributed by atoms with Gasteiger partial charge in [0.2, 0.25) is 0 Å². The lowest BCUT2D eigenvalue weighted by Crippen LogP contribution is -2.25. The molecule has 2 aromatic carbocycles. The fourth-order valence-electron chi connectivity index (χ4n) is 3.29. The van der Waals surface area contributed by atoms with Gasteiger partial charge in [0.1, 0.15) is 12.1 Å². The highest BCUT2D eigenvalue weighted by atomic mass is 35.5. The maximum Gasteiger partial charge on any atom is 0.184 e. The van der Waals surface area contributed by atoms with Crippen LogP contribution in [0.2, 0.25) is 5.02 Å². The van der Waals surface area contributed by atoms with Gasteiger partial charge >= 0.3 is 0 Å². The molecule has 1 unspecified atom stereocenters. The van der Waals surface area contributed by atoms with Crippen LogP contribution in [0.3, 0.4) is 0 Å². The molecule has 3 N–H and O–H groups in total. The van der Waals surface area contributed by atoms with Crippen molar-refractivity contribution in [3.05, 3.63) is 53.1 Å². The Labute approximate surface area is 171 Å². The summed E-state index contributed by atoms with van der Waals surface area (Å²) in [6.45, 7) is 0.940. The molecule has 1 aliphatic heterocycles. The summed E-state index contributed by atoms with van der Waals surface area (Å²) in [5.74, 6) is 5.37. The van der Waals surface area contributed by atoms with Gasteiger partial charge < -0.3 is 16.0 Å². The number of fused-ring (bicyclic) bond motifs is 1. The van der Waals surface area contributed by atoms with Crippen LogP contribution < -0.4 is 11.1 Å². The molecular weight excluding hydrogens is 396 g/mol. The summed E-state index contributed by atoms with van der Waals surface area (Å²) in [7, 11) is 1.86. The molecule has 0 saturated carbocycles. The Morgan fingerprint density at radius 2 is 2.14 bits per heavy atom. The minimum absolute atomic E-state index is 0.00291. The number of rotatable bonds is 2. The first-order valence-electron chi connectivity index (χ1n) is 9.00. The summed E-state index contributed by atoms with van der Waals surface area (Å²) < 4.78 is 29.0. The van der Waals surface area contributed by atoms with E-state index in [2.05, 4.69) is 27.1 Å². The van der Waals surface area contributed by atoms with Gasteiger partial charge in [0.15, 0.2) is 11.5 Å². The van der Waals surface area contributed by atoms with Crippen LogP contribution in [0.4, 0.5) is 26.0 Å².